The summed E-state index contributed by atoms with van der Waals surface area (Å²) in [6.45, 7) is 2.53. The highest BCUT2D eigenvalue weighted by atomic mass is 16.5. The summed E-state index contributed by atoms with van der Waals surface area (Å²) >= 11 is 0. The molecular formula is C19H19N3O4. The second-order valence-electron chi connectivity index (χ2n) is 6.59. The van der Waals surface area contributed by atoms with Gasteiger partial charge >= 0.3 is 5.97 Å². The van der Waals surface area contributed by atoms with E-state index >= 15 is 0 Å². The van der Waals surface area contributed by atoms with Crippen LogP contribution in [0.3, 0.4) is 0 Å². The molecule has 2 aromatic heterocycles. The van der Waals surface area contributed by atoms with E-state index in [1.54, 1.807) is 36.6 Å². The van der Waals surface area contributed by atoms with Gasteiger partial charge in [0.1, 0.15) is 0 Å². The minimum absolute atomic E-state index is 0.342. The van der Waals surface area contributed by atoms with Gasteiger partial charge in [-0.2, -0.15) is 4.98 Å². The number of furan rings is 1. The number of likely N-dealkylation sites (tertiary alicyclic amines) is 1. The fourth-order valence-corrected chi connectivity index (χ4v) is 3.41. The third-order valence-electron chi connectivity index (χ3n) is 4.63. The first-order valence-electron chi connectivity index (χ1n) is 8.58. The Labute approximate surface area is 150 Å². The Hall–Kier alpha value is -2.93. The summed E-state index contributed by atoms with van der Waals surface area (Å²) in [5, 5.41) is 13.1. The van der Waals surface area contributed by atoms with E-state index in [0.717, 1.165) is 31.5 Å². The van der Waals surface area contributed by atoms with Gasteiger partial charge in [0.05, 0.1) is 18.4 Å². The quantitative estimate of drug-likeness (QED) is 0.728. The van der Waals surface area contributed by atoms with Gasteiger partial charge in [0.2, 0.25) is 0 Å². The standard InChI is InChI=1S/C19H19N3O4/c23-19(24)15-4-1-3-13(10-15)9-14-6-7-22(11-14)12-17-20-18(26-21-17)16-5-2-8-25-16/h1-5,8,10,14H,6-7,9,11-12H2,(H,23,24)/t14-/m0/s1. The number of rotatable bonds is 6. The molecule has 3 aromatic rings. The molecule has 26 heavy (non-hydrogen) atoms. The van der Waals surface area contributed by atoms with Gasteiger partial charge in [0, 0.05) is 6.54 Å². The molecule has 7 heteroatoms. The molecule has 1 fully saturated rings. The molecule has 7 nitrogen and oxygen atoms in total. The smallest absolute Gasteiger partial charge is 0.335 e. The average molecular weight is 353 g/mol. The minimum atomic E-state index is -0.885. The van der Waals surface area contributed by atoms with Crippen LogP contribution in [0.25, 0.3) is 11.7 Å². The lowest BCUT2D eigenvalue weighted by atomic mass is 9.97. The predicted molar refractivity (Wildman–Crippen MR) is 92.5 cm³/mol. The Morgan fingerprint density at radius 2 is 2.23 bits per heavy atom. The Morgan fingerprint density at radius 3 is 3.04 bits per heavy atom. The molecule has 1 aromatic carbocycles. The SMILES string of the molecule is O=C(O)c1cccc(C[C@@H]2CCN(Cc3noc(-c4ccco4)n3)C2)c1. The van der Waals surface area contributed by atoms with Crippen molar-refractivity contribution in [3.63, 3.8) is 0 Å². The van der Waals surface area contributed by atoms with E-state index in [4.69, 9.17) is 14.0 Å². The summed E-state index contributed by atoms with van der Waals surface area (Å²) in [5.74, 6) is 1.22. The van der Waals surface area contributed by atoms with Crippen LogP contribution in [-0.4, -0.2) is 39.2 Å². The van der Waals surface area contributed by atoms with Crippen molar-refractivity contribution in [2.45, 2.75) is 19.4 Å². The van der Waals surface area contributed by atoms with Gasteiger partial charge in [0.25, 0.3) is 5.89 Å². The third kappa shape index (κ3) is 3.67. The van der Waals surface area contributed by atoms with Crippen LogP contribution in [0.2, 0.25) is 0 Å². The summed E-state index contributed by atoms with van der Waals surface area (Å²) in [7, 11) is 0. The highest BCUT2D eigenvalue weighted by molar-refractivity contribution is 5.87. The molecule has 1 aliphatic heterocycles. The fraction of sp³-hybridized carbons (Fsp3) is 0.316. The summed E-state index contributed by atoms with van der Waals surface area (Å²) in [5.41, 5.74) is 1.41. The molecule has 1 aliphatic rings. The van der Waals surface area contributed by atoms with E-state index in [0.29, 0.717) is 35.5 Å². The second kappa shape index (κ2) is 7.13. The molecule has 0 spiro atoms. The number of carboxylic acid groups (broad SMARTS) is 1. The van der Waals surface area contributed by atoms with Crippen molar-refractivity contribution >= 4 is 5.97 Å². The second-order valence-corrected chi connectivity index (χ2v) is 6.59. The van der Waals surface area contributed by atoms with Crippen LogP contribution >= 0.6 is 0 Å². The van der Waals surface area contributed by atoms with Crippen molar-refractivity contribution in [3.8, 4) is 11.7 Å². The molecule has 1 atom stereocenters. The molecular weight excluding hydrogens is 334 g/mol. The van der Waals surface area contributed by atoms with Gasteiger partial charge in [0.15, 0.2) is 11.6 Å². The van der Waals surface area contributed by atoms with E-state index in [1.165, 1.54) is 0 Å². The molecule has 1 saturated heterocycles. The van der Waals surface area contributed by atoms with Crippen molar-refractivity contribution in [3.05, 3.63) is 59.6 Å². The van der Waals surface area contributed by atoms with Crippen molar-refractivity contribution in [1.29, 1.82) is 0 Å². The maximum absolute atomic E-state index is 11.1. The van der Waals surface area contributed by atoms with Crippen LogP contribution in [-0.2, 0) is 13.0 Å². The normalized spacial score (nSPS) is 17.6. The average Bonchev–Trinajstić information content (AvgIpc) is 3.37. The molecule has 0 amide bonds. The van der Waals surface area contributed by atoms with Crippen LogP contribution in [0, 0.1) is 5.92 Å². The summed E-state index contributed by atoms with van der Waals surface area (Å²) in [6, 6.07) is 10.8. The lowest BCUT2D eigenvalue weighted by Crippen LogP contribution is -2.21. The molecule has 0 aliphatic carbocycles. The Bertz CT molecular complexity index is 888. The lowest BCUT2D eigenvalue weighted by Gasteiger charge is -2.14. The lowest BCUT2D eigenvalue weighted by molar-refractivity contribution is 0.0696. The number of carbonyl (C=O) groups is 1. The van der Waals surface area contributed by atoms with Gasteiger partial charge < -0.3 is 14.0 Å². The number of aromatic carboxylic acids is 1. The molecule has 0 unspecified atom stereocenters. The Morgan fingerprint density at radius 1 is 1.31 bits per heavy atom. The maximum atomic E-state index is 11.1. The Balaban J connectivity index is 1.34. The number of aromatic nitrogens is 2. The maximum Gasteiger partial charge on any atom is 0.335 e. The van der Waals surface area contributed by atoms with Gasteiger partial charge in [-0.25, -0.2) is 4.79 Å². The van der Waals surface area contributed by atoms with Crippen LogP contribution in [0.5, 0.6) is 0 Å². The summed E-state index contributed by atoms with van der Waals surface area (Å²) in [4.78, 5) is 17.8. The van der Waals surface area contributed by atoms with E-state index in [1.807, 2.05) is 6.07 Å². The predicted octanol–water partition coefficient (Wildman–Crippen LogP) is 3.09. The third-order valence-corrected chi connectivity index (χ3v) is 4.63. The number of hydrogen-bond donors (Lipinski definition) is 1. The molecule has 1 N–H and O–H groups in total. The Kier molecular flexibility index (Phi) is 4.53. The topological polar surface area (TPSA) is 92.6 Å². The number of benzene rings is 1. The molecule has 0 radical (unpaired) electrons. The number of hydrogen-bond acceptors (Lipinski definition) is 6. The molecule has 3 heterocycles. The highest BCUT2D eigenvalue weighted by Crippen LogP contribution is 2.23. The largest absolute Gasteiger partial charge is 0.478 e. The van der Waals surface area contributed by atoms with E-state index in [-0.39, 0.29) is 0 Å². The fourth-order valence-electron chi connectivity index (χ4n) is 3.41. The van der Waals surface area contributed by atoms with Crippen molar-refractivity contribution in [2.24, 2.45) is 5.92 Å². The van der Waals surface area contributed by atoms with Crippen LogP contribution in [0.4, 0.5) is 0 Å². The van der Waals surface area contributed by atoms with Crippen LogP contribution < -0.4 is 0 Å². The molecule has 4 rings (SSSR count). The summed E-state index contributed by atoms with van der Waals surface area (Å²) in [6.07, 6.45) is 3.52. The molecule has 0 bridgehead atoms. The van der Waals surface area contributed by atoms with E-state index < -0.39 is 5.97 Å². The zero-order valence-corrected chi connectivity index (χ0v) is 14.2. The van der Waals surface area contributed by atoms with Gasteiger partial charge in [-0.15, -0.1) is 0 Å². The minimum Gasteiger partial charge on any atom is -0.478 e. The number of carboxylic acids is 1. The van der Waals surface area contributed by atoms with Crippen molar-refractivity contribution in [1.82, 2.24) is 15.0 Å². The van der Waals surface area contributed by atoms with E-state index in [9.17, 15) is 4.79 Å². The first kappa shape index (κ1) is 16.5. The zero-order chi connectivity index (χ0) is 17.9. The summed E-state index contributed by atoms with van der Waals surface area (Å²) < 4.78 is 10.5. The highest BCUT2D eigenvalue weighted by Gasteiger charge is 2.24. The van der Waals surface area contributed by atoms with Crippen molar-refractivity contribution in [2.75, 3.05) is 13.1 Å². The zero-order valence-electron chi connectivity index (χ0n) is 14.2. The number of nitrogens with zero attached hydrogens (tertiary/aromatic N) is 3. The van der Waals surface area contributed by atoms with Gasteiger partial charge in [-0.1, -0.05) is 17.3 Å². The van der Waals surface area contributed by atoms with Crippen molar-refractivity contribution < 1.29 is 18.8 Å². The first-order valence-corrected chi connectivity index (χ1v) is 8.58. The van der Waals surface area contributed by atoms with Gasteiger partial charge in [-0.3, -0.25) is 4.90 Å². The monoisotopic (exact) mass is 353 g/mol. The first-order chi connectivity index (χ1) is 12.7. The van der Waals surface area contributed by atoms with Crippen LogP contribution in [0.1, 0.15) is 28.2 Å². The molecule has 0 saturated carbocycles. The van der Waals surface area contributed by atoms with Gasteiger partial charge in [-0.05, 0) is 55.1 Å². The van der Waals surface area contributed by atoms with Crippen LogP contribution in [0.15, 0.2) is 51.6 Å². The molecule has 134 valence electrons. The van der Waals surface area contributed by atoms with E-state index in [2.05, 4.69) is 15.0 Å².